The monoisotopic (exact) mass is 207 g/mol. The third kappa shape index (κ3) is 2.55. The minimum absolute atomic E-state index is 0.401. The molecule has 1 N–H and O–H groups in total. The van der Waals surface area contributed by atoms with Crippen molar-refractivity contribution in [3.05, 3.63) is 30.1 Å². The maximum atomic E-state index is 10.5. The van der Waals surface area contributed by atoms with Crippen LogP contribution in [0.2, 0.25) is 0 Å². The highest BCUT2D eigenvalue weighted by molar-refractivity contribution is 5.14. The van der Waals surface area contributed by atoms with Gasteiger partial charge in [0.1, 0.15) is 0 Å². The highest BCUT2D eigenvalue weighted by Gasteiger charge is 2.43. The van der Waals surface area contributed by atoms with Crippen LogP contribution in [0.4, 0.5) is 0 Å². The van der Waals surface area contributed by atoms with Crippen molar-refractivity contribution in [2.45, 2.75) is 24.9 Å². The molecule has 0 spiro atoms. The summed E-state index contributed by atoms with van der Waals surface area (Å²) in [4.78, 5) is 4.06. The smallest absolute Gasteiger partial charge is 0.0948 e. The zero-order valence-corrected chi connectivity index (χ0v) is 9.02. The van der Waals surface area contributed by atoms with Gasteiger partial charge in [0.15, 0.2) is 0 Å². The molecule has 1 saturated carbocycles. The second kappa shape index (κ2) is 4.29. The number of pyridine rings is 1. The summed E-state index contributed by atoms with van der Waals surface area (Å²) in [5.74, 6) is 0.401. The van der Waals surface area contributed by atoms with Crippen molar-refractivity contribution in [1.82, 2.24) is 4.98 Å². The van der Waals surface area contributed by atoms with E-state index in [1.807, 2.05) is 18.3 Å². The molecule has 1 aromatic heterocycles. The second-order valence-corrected chi connectivity index (χ2v) is 4.35. The Morgan fingerprint density at radius 2 is 2.40 bits per heavy atom. The molecular formula is C12H17NO2. The van der Waals surface area contributed by atoms with Gasteiger partial charge in [-0.05, 0) is 30.4 Å². The minimum atomic E-state index is -0.697. The Kier molecular flexibility index (Phi) is 3.03. The fourth-order valence-corrected chi connectivity index (χ4v) is 2.04. The lowest BCUT2D eigenvalue weighted by Gasteiger charge is -2.27. The maximum absolute atomic E-state index is 10.5. The van der Waals surface area contributed by atoms with E-state index in [9.17, 15) is 5.11 Å². The highest BCUT2D eigenvalue weighted by atomic mass is 16.5. The SMILES string of the molecule is COCC(O)(Cc1cccnc1)C1CC1. The van der Waals surface area contributed by atoms with E-state index in [0.717, 1.165) is 18.4 Å². The number of nitrogens with zero attached hydrogens (tertiary/aromatic N) is 1. The van der Waals surface area contributed by atoms with E-state index in [4.69, 9.17) is 4.74 Å². The van der Waals surface area contributed by atoms with Gasteiger partial charge in [-0.15, -0.1) is 0 Å². The summed E-state index contributed by atoms with van der Waals surface area (Å²) in [6.45, 7) is 0.409. The molecule has 82 valence electrons. The maximum Gasteiger partial charge on any atom is 0.0948 e. The van der Waals surface area contributed by atoms with E-state index in [1.54, 1.807) is 13.3 Å². The lowest BCUT2D eigenvalue weighted by atomic mass is 9.91. The summed E-state index contributed by atoms with van der Waals surface area (Å²) in [5, 5.41) is 10.5. The Balaban J connectivity index is 2.06. The first-order valence-electron chi connectivity index (χ1n) is 5.35. The van der Waals surface area contributed by atoms with E-state index in [-0.39, 0.29) is 0 Å². The Morgan fingerprint density at radius 3 is 2.93 bits per heavy atom. The molecule has 1 aromatic rings. The summed E-state index contributed by atoms with van der Waals surface area (Å²) in [6.07, 6.45) is 6.42. The molecule has 1 aliphatic rings. The quantitative estimate of drug-likeness (QED) is 0.793. The predicted octanol–water partition coefficient (Wildman–Crippen LogP) is 1.41. The molecule has 1 unspecified atom stereocenters. The fourth-order valence-electron chi connectivity index (χ4n) is 2.04. The van der Waals surface area contributed by atoms with Crippen LogP contribution in [0.15, 0.2) is 24.5 Å². The minimum Gasteiger partial charge on any atom is -0.387 e. The van der Waals surface area contributed by atoms with Crippen LogP contribution in [0, 0.1) is 5.92 Å². The second-order valence-electron chi connectivity index (χ2n) is 4.35. The van der Waals surface area contributed by atoms with Crippen molar-refractivity contribution in [3.63, 3.8) is 0 Å². The molecule has 0 aliphatic heterocycles. The lowest BCUT2D eigenvalue weighted by molar-refractivity contribution is -0.0474. The van der Waals surface area contributed by atoms with Gasteiger partial charge in [-0.1, -0.05) is 6.07 Å². The zero-order chi connectivity index (χ0) is 10.7. The van der Waals surface area contributed by atoms with E-state index in [1.165, 1.54) is 0 Å². The average molecular weight is 207 g/mol. The molecule has 1 heterocycles. The van der Waals surface area contributed by atoms with Crippen molar-refractivity contribution in [1.29, 1.82) is 0 Å². The van der Waals surface area contributed by atoms with Crippen LogP contribution in [0.25, 0.3) is 0 Å². The molecule has 1 fully saturated rings. The van der Waals surface area contributed by atoms with Crippen molar-refractivity contribution in [3.8, 4) is 0 Å². The van der Waals surface area contributed by atoms with Crippen molar-refractivity contribution in [2.75, 3.05) is 13.7 Å². The van der Waals surface area contributed by atoms with Gasteiger partial charge >= 0.3 is 0 Å². The van der Waals surface area contributed by atoms with Gasteiger partial charge < -0.3 is 9.84 Å². The summed E-state index contributed by atoms with van der Waals surface area (Å²) >= 11 is 0. The van der Waals surface area contributed by atoms with Gasteiger partial charge in [-0.25, -0.2) is 0 Å². The van der Waals surface area contributed by atoms with Crippen LogP contribution >= 0.6 is 0 Å². The normalized spacial score (nSPS) is 19.9. The summed E-state index contributed by atoms with van der Waals surface area (Å²) in [7, 11) is 1.64. The molecule has 3 heteroatoms. The Hall–Kier alpha value is -0.930. The Bertz CT molecular complexity index is 311. The molecule has 1 atom stereocenters. The number of hydrogen-bond acceptors (Lipinski definition) is 3. The molecule has 0 saturated heterocycles. The molecule has 0 aromatic carbocycles. The van der Waals surface area contributed by atoms with E-state index in [2.05, 4.69) is 4.98 Å². The van der Waals surface area contributed by atoms with Crippen LogP contribution in [0.5, 0.6) is 0 Å². The van der Waals surface area contributed by atoms with Gasteiger partial charge in [0.25, 0.3) is 0 Å². The van der Waals surface area contributed by atoms with E-state index >= 15 is 0 Å². The molecule has 2 rings (SSSR count). The van der Waals surface area contributed by atoms with Crippen molar-refractivity contribution >= 4 is 0 Å². The lowest BCUT2D eigenvalue weighted by Crippen LogP contribution is -2.39. The first-order chi connectivity index (χ1) is 7.24. The van der Waals surface area contributed by atoms with E-state index in [0.29, 0.717) is 18.9 Å². The number of hydrogen-bond donors (Lipinski definition) is 1. The molecule has 3 nitrogen and oxygen atoms in total. The first kappa shape index (κ1) is 10.6. The molecule has 0 bridgehead atoms. The Labute approximate surface area is 90.1 Å². The molecular weight excluding hydrogens is 190 g/mol. The van der Waals surface area contributed by atoms with Gasteiger partial charge in [-0.2, -0.15) is 0 Å². The predicted molar refractivity (Wildman–Crippen MR) is 57.5 cm³/mol. The summed E-state index contributed by atoms with van der Waals surface area (Å²) < 4.78 is 5.11. The molecule has 15 heavy (non-hydrogen) atoms. The fraction of sp³-hybridized carbons (Fsp3) is 0.583. The van der Waals surface area contributed by atoms with Crippen molar-refractivity contribution in [2.24, 2.45) is 5.92 Å². The van der Waals surface area contributed by atoms with Crippen LogP contribution in [-0.2, 0) is 11.2 Å². The third-order valence-corrected chi connectivity index (χ3v) is 2.96. The van der Waals surface area contributed by atoms with Crippen LogP contribution in [0.1, 0.15) is 18.4 Å². The van der Waals surface area contributed by atoms with Gasteiger partial charge in [0.2, 0.25) is 0 Å². The Morgan fingerprint density at radius 1 is 1.60 bits per heavy atom. The van der Waals surface area contributed by atoms with Gasteiger partial charge in [0.05, 0.1) is 12.2 Å². The highest BCUT2D eigenvalue weighted by Crippen LogP contribution is 2.41. The third-order valence-electron chi connectivity index (χ3n) is 2.96. The summed E-state index contributed by atoms with van der Waals surface area (Å²) in [5.41, 5.74) is 0.376. The van der Waals surface area contributed by atoms with E-state index < -0.39 is 5.60 Å². The molecule has 0 radical (unpaired) electrons. The number of aliphatic hydroxyl groups is 1. The van der Waals surface area contributed by atoms with Crippen molar-refractivity contribution < 1.29 is 9.84 Å². The van der Waals surface area contributed by atoms with Gasteiger partial charge in [-0.3, -0.25) is 4.98 Å². The molecule has 1 aliphatic carbocycles. The topological polar surface area (TPSA) is 42.4 Å². The van der Waals surface area contributed by atoms with Gasteiger partial charge in [0, 0.05) is 25.9 Å². The average Bonchev–Trinajstić information content (AvgIpc) is 3.02. The largest absolute Gasteiger partial charge is 0.387 e. The molecule has 0 amide bonds. The number of ether oxygens (including phenoxy) is 1. The van der Waals surface area contributed by atoms with Crippen LogP contribution in [-0.4, -0.2) is 29.4 Å². The van der Waals surface area contributed by atoms with Crippen LogP contribution < -0.4 is 0 Å². The zero-order valence-electron chi connectivity index (χ0n) is 9.02. The van der Waals surface area contributed by atoms with Crippen LogP contribution in [0.3, 0.4) is 0 Å². The number of methoxy groups -OCH3 is 1. The summed E-state index contributed by atoms with van der Waals surface area (Å²) in [6, 6.07) is 3.89. The number of rotatable bonds is 5. The first-order valence-corrected chi connectivity index (χ1v) is 5.35. The number of aromatic nitrogens is 1. The standard InChI is InChI=1S/C12H17NO2/c1-15-9-12(14,11-4-5-11)7-10-3-2-6-13-8-10/h2-3,6,8,11,14H,4-5,7,9H2,1H3.